The van der Waals surface area contributed by atoms with Crippen LogP contribution >= 0.6 is 11.3 Å². The number of amides is 1. The van der Waals surface area contributed by atoms with Gasteiger partial charge in [0.05, 0.1) is 23.2 Å². The zero-order valence-electron chi connectivity index (χ0n) is 16.9. The second kappa shape index (κ2) is 8.85. The molecule has 0 bridgehead atoms. The van der Waals surface area contributed by atoms with E-state index in [4.69, 9.17) is 9.84 Å². The molecule has 0 fully saturated rings. The van der Waals surface area contributed by atoms with Crippen molar-refractivity contribution in [3.63, 3.8) is 0 Å². The number of hydrogen-bond donors (Lipinski definition) is 1. The van der Waals surface area contributed by atoms with E-state index in [1.807, 2.05) is 36.6 Å². The first-order valence-corrected chi connectivity index (χ1v) is 10.7. The summed E-state index contributed by atoms with van der Waals surface area (Å²) in [5.74, 6) is -1.50. The number of carbonyl (C=O) groups excluding carboxylic acids is 1. The van der Waals surface area contributed by atoms with Gasteiger partial charge in [-0.1, -0.05) is 24.3 Å². The zero-order chi connectivity index (χ0) is 22.0. The van der Waals surface area contributed by atoms with Gasteiger partial charge in [0.2, 0.25) is 5.91 Å². The first-order valence-electron chi connectivity index (χ1n) is 9.84. The van der Waals surface area contributed by atoms with E-state index in [2.05, 4.69) is 4.98 Å². The summed E-state index contributed by atoms with van der Waals surface area (Å²) in [4.78, 5) is 30.4. The maximum atomic E-state index is 14.3. The number of nitrogens with zero attached hydrogens (tertiary/aromatic N) is 2. The van der Waals surface area contributed by atoms with E-state index < -0.39 is 24.4 Å². The monoisotopic (exact) mass is 440 g/mol. The lowest BCUT2D eigenvalue weighted by Gasteiger charge is -2.38. The van der Waals surface area contributed by atoms with Gasteiger partial charge in [0, 0.05) is 17.5 Å². The van der Waals surface area contributed by atoms with Gasteiger partial charge in [-0.05, 0) is 42.7 Å². The van der Waals surface area contributed by atoms with Crippen LogP contribution in [-0.2, 0) is 22.4 Å². The second-order valence-corrected chi connectivity index (χ2v) is 8.40. The van der Waals surface area contributed by atoms with E-state index in [9.17, 15) is 14.0 Å². The van der Waals surface area contributed by atoms with Gasteiger partial charge in [-0.2, -0.15) is 0 Å². The van der Waals surface area contributed by atoms with Gasteiger partial charge in [-0.3, -0.25) is 4.79 Å². The zero-order valence-corrected chi connectivity index (χ0v) is 17.7. The van der Waals surface area contributed by atoms with Crippen LogP contribution in [0.2, 0.25) is 0 Å². The van der Waals surface area contributed by atoms with Crippen LogP contribution in [0.5, 0.6) is 5.75 Å². The highest BCUT2D eigenvalue weighted by molar-refractivity contribution is 7.09. The van der Waals surface area contributed by atoms with Crippen LogP contribution in [0.4, 0.5) is 4.39 Å². The van der Waals surface area contributed by atoms with Gasteiger partial charge in [-0.15, -0.1) is 11.3 Å². The highest BCUT2D eigenvalue weighted by Gasteiger charge is 2.34. The van der Waals surface area contributed by atoms with Gasteiger partial charge < -0.3 is 14.7 Å². The topological polar surface area (TPSA) is 79.7 Å². The fourth-order valence-electron chi connectivity index (χ4n) is 3.92. The molecule has 6 nitrogen and oxygen atoms in total. The van der Waals surface area contributed by atoms with Crippen LogP contribution in [0.25, 0.3) is 0 Å². The van der Waals surface area contributed by atoms with E-state index >= 15 is 0 Å². The summed E-state index contributed by atoms with van der Waals surface area (Å²) in [5.41, 5.74) is 3.07. The Hall–Kier alpha value is -3.26. The molecule has 1 unspecified atom stereocenters. The van der Waals surface area contributed by atoms with E-state index in [1.54, 1.807) is 4.90 Å². The van der Waals surface area contributed by atoms with Crippen molar-refractivity contribution in [2.75, 3.05) is 13.2 Å². The summed E-state index contributed by atoms with van der Waals surface area (Å²) in [7, 11) is 0. The normalized spacial score (nSPS) is 15.4. The molecular formula is C23H21FN2O4S. The highest BCUT2D eigenvalue weighted by atomic mass is 32.1. The Morgan fingerprint density at radius 1 is 1.26 bits per heavy atom. The number of fused-ring (bicyclic) bond motifs is 1. The molecule has 0 spiro atoms. The Balaban J connectivity index is 1.76. The number of carboxylic acids is 1. The predicted octanol–water partition coefficient (Wildman–Crippen LogP) is 3.77. The lowest BCUT2D eigenvalue weighted by atomic mass is 9.87. The molecule has 1 atom stereocenters. The summed E-state index contributed by atoms with van der Waals surface area (Å²) in [6.45, 7) is 1.79. The number of ether oxygens (including phenoxy) is 1. The van der Waals surface area contributed by atoms with Gasteiger partial charge in [0.25, 0.3) is 0 Å². The summed E-state index contributed by atoms with van der Waals surface area (Å²) in [5, 5.41) is 11.8. The number of benzene rings is 2. The lowest BCUT2D eigenvalue weighted by Crippen LogP contribution is -2.41. The second-order valence-electron chi connectivity index (χ2n) is 7.34. The van der Waals surface area contributed by atoms with E-state index in [0.717, 1.165) is 16.1 Å². The van der Waals surface area contributed by atoms with Gasteiger partial charge in [0.15, 0.2) is 6.61 Å². The summed E-state index contributed by atoms with van der Waals surface area (Å²) >= 11 is 1.49. The van der Waals surface area contributed by atoms with Crippen molar-refractivity contribution in [2.45, 2.75) is 25.8 Å². The third kappa shape index (κ3) is 4.59. The fraction of sp³-hybridized carbons (Fsp3) is 0.261. The molecule has 1 aliphatic heterocycles. The van der Waals surface area contributed by atoms with Crippen molar-refractivity contribution in [3.8, 4) is 5.75 Å². The first-order chi connectivity index (χ1) is 14.9. The number of aliphatic carboxylic acids is 1. The van der Waals surface area contributed by atoms with Crippen LogP contribution in [0.15, 0.2) is 47.8 Å². The molecule has 0 aliphatic carbocycles. The SMILES string of the molecule is Cc1nc(CC(=O)N2CCc3ccccc3C2c2cc(F)ccc2OCC(=O)O)cs1. The van der Waals surface area contributed by atoms with Crippen LogP contribution in [0.1, 0.15) is 33.4 Å². The summed E-state index contributed by atoms with van der Waals surface area (Å²) in [6, 6.07) is 11.1. The average molecular weight is 440 g/mol. The Bertz CT molecular complexity index is 1130. The first kappa shape index (κ1) is 21.0. The van der Waals surface area contributed by atoms with E-state index in [0.29, 0.717) is 24.2 Å². The molecule has 0 saturated carbocycles. The Morgan fingerprint density at radius 2 is 2.06 bits per heavy atom. The van der Waals surface area contributed by atoms with E-state index in [-0.39, 0.29) is 18.1 Å². The molecule has 160 valence electrons. The third-order valence-corrected chi connectivity index (χ3v) is 6.04. The maximum Gasteiger partial charge on any atom is 0.341 e. The molecule has 1 N–H and O–H groups in total. The minimum absolute atomic E-state index is 0.127. The van der Waals surface area contributed by atoms with Crippen molar-refractivity contribution in [3.05, 3.63) is 81.1 Å². The summed E-state index contributed by atoms with van der Waals surface area (Å²) in [6.07, 6.45) is 0.818. The number of carboxylic acid groups (broad SMARTS) is 1. The smallest absolute Gasteiger partial charge is 0.341 e. The van der Waals surface area contributed by atoms with Crippen molar-refractivity contribution >= 4 is 23.2 Å². The van der Waals surface area contributed by atoms with Crippen molar-refractivity contribution in [1.29, 1.82) is 0 Å². The standard InChI is InChI=1S/C23H21FN2O4S/c1-14-25-17(13-31-14)11-21(27)26-9-8-15-4-2-3-5-18(15)23(26)19-10-16(24)6-7-20(19)30-12-22(28)29/h2-7,10,13,23H,8-9,11-12H2,1H3,(H,28,29). The van der Waals surface area contributed by atoms with Crippen molar-refractivity contribution in [2.24, 2.45) is 0 Å². The van der Waals surface area contributed by atoms with Crippen LogP contribution in [0, 0.1) is 12.7 Å². The number of thiazole rings is 1. The van der Waals surface area contributed by atoms with Gasteiger partial charge in [-0.25, -0.2) is 14.2 Å². The highest BCUT2D eigenvalue weighted by Crippen LogP contribution is 2.40. The number of rotatable bonds is 6. The Morgan fingerprint density at radius 3 is 2.81 bits per heavy atom. The Labute approximate surface area is 182 Å². The largest absolute Gasteiger partial charge is 0.482 e. The number of carbonyl (C=O) groups is 2. The van der Waals surface area contributed by atoms with E-state index in [1.165, 1.54) is 29.5 Å². The van der Waals surface area contributed by atoms with Crippen LogP contribution in [-0.4, -0.2) is 40.0 Å². The molecule has 1 amide bonds. The number of hydrogen-bond acceptors (Lipinski definition) is 5. The number of halogens is 1. The fourth-order valence-corrected chi connectivity index (χ4v) is 4.53. The minimum atomic E-state index is -1.13. The molecule has 1 aliphatic rings. The molecule has 0 radical (unpaired) electrons. The molecule has 3 aromatic rings. The molecule has 31 heavy (non-hydrogen) atoms. The predicted molar refractivity (Wildman–Crippen MR) is 114 cm³/mol. The van der Waals surface area contributed by atoms with Crippen LogP contribution in [0.3, 0.4) is 0 Å². The maximum absolute atomic E-state index is 14.3. The molecule has 0 saturated heterocycles. The Kier molecular flexibility index (Phi) is 5.99. The molecular weight excluding hydrogens is 419 g/mol. The quantitative estimate of drug-likeness (QED) is 0.631. The number of aryl methyl sites for hydroxylation is 1. The molecule has 4 rings (SSSR count). The lowest BCUT2D eigenvalue weighted by molar-refractivity contribution is -0.139. The molecule has 8 heteroatoms. The number of aromatic nitrogens is 1. The summed E-state index contributed by atoms with van der Waals surface area (Å²) < 4.78 is 19.7. The van der Waals surface area contributed by atoms with Crippen LogP contribution < -0.4 is 4.74 Å². The average Bonchev–Trinajstić information content (AvgIpc) is 3.16. The third-order valence-electron chi connectivity index (χ3n) is 5.22. The molecule has 2 heterocycles. The molecule has 1 aromatic heterocycles. The van der Waals surface area contributed by atoms with Crippen molar-refractivity contribution < 1.29 is 23.8 Å². The van der Waals surface area contributed by atoms with Gasteiger partial charge in [0.1, 0.15) is 11.6 Å². The minimum Gasteiger partial charge on any atom is -0.482 e. The van der Waals surface area contributed by atoms with Gasteiger partial charge >= 0.3 is 5.97 Å². The molecule has 2 aromatic carbocycles. The van der Waals surface area contributed by atoms with Crippen molar-refractivity contribution in [1.82, 2.24) is 9.88 Å².